The van der Waals surface area contributed by atoms with E-state index in [0.29, 0.717) is 0 Å². The lowest BCUT2D eigenvalue weighted by atomic mass is 10.1. The van der Waals surface area contributed by atoms with Crippen molar-refractivity contribution in [2.75, 3.05) is 52.0 Å². The third-order valence-electron chi connectivity index (χ3n) is 4.26. The van der Waals surface area contributed by atoms with Gasteiger partial charge in [-0.3, -0.25) is 18.7 Å². The summed E-state index contributed by atoms with van der Waals surface area (Å²) in [6.07, 6.45) is 0.558. The summed E-state index contributed by atoms with van der Waals surface area (Å²) < 4.78 is 55.8. The number of ether oxygens (including phenoxy) is 2. The van der Waals surface area contributed by atoms with E-state index in [1.807, 2.05) is 0 Å². The van der Waals surface area contributed by atoms with Crippen molar-refractivity contribution in [1.29, 1.82) is 0 Å². The molecule has 1 amide bonds. The molecule has 0 spiro atoms. The molecule has 0 saturated heterocycles. The first-order valence-corrected chi connectivity index (χ1v) is 15.4. The molecule has 0 saturated carbocycles. The molecule has 0 aromatic heterocycles. The van der Waals surface area contributed by atoms with E-state index >= 15 is 0 Å². The first kappa shape index (κ1) is 33.7. The van der Waals surface area contributed by atoms with E-state index in [2.05, 4.69) is 5.32 Å². The minimum absolute atomic E-state index is 0.0118. The van der Waals surface area contributed by atoms with Crippen LogP contribution in [0.4, 0.5) is 0 Å². The highest BCUT2D eigenvalue weighted by Gasteiger charge is 2.26. The van der Waals surface area contributed by atoms with Crippen molar-refractivity contribution in [3.05, 3.63) is 0 Å². The summed E-state index contributed by atoms with van der Waals surface area (Å²) in [5.74, 6) is -1.75. The SMILES string of the molecule is CCOP(=O)(CCCOC(=O)CC[C@H](NC(C)=O)C(=O)OCCCP(=O)(OCC)OCC)OCC. The maximum atomic E-state index is 12.4. The summed E-state index contributed by atoms with van der Waals surface area (Å²) in [5.41, 5.74) is 0. The number of amides is 1. The highest BCUT2D eigenvalue weighted by atomic mass is 31.2. The van der Waals surface area contributed by atoms with Crippen LogP contribution in [0.2, 0.25) is 0 Å². The summed E-state index contributed by atoms with van der Waals surface area (Å²) in [6, 6.07) is -1.04. The van der Waals surface area contributed by atoms with Gasteiger partial charge in [-0.15, -0.1) is 0 Å². The quantitative estimate of drug-likeness (QED) is 0.128. The van der Waals surface area contributed by atoms with Crippen LogP contribution in [0.3, 0.4) is 0 Å². The Balaban J connectivity index is 4.52. The second-order valence-electron chi connectivity index (χ2n) is 7.23. The van der Waals surface area contributed by atoms with Gasteiger partial charge in [0.15, 0.2) is 0 Å². The Labute approximate surface area is 208 Å². The number of hydrogen-bond donors (Lipinski definition) is 1. The van der Waals surface area contributed by atoms with Gasteiger partial charge in [-0.2, -0.15) is 0 Å². The number of esters is 2. The molecule has 14 heteroatoms. The van der Waals surface area contributed by atoms with Gasteiger partial charge < -0.3 is 32.9 Å². The van der Waals surface area contributed by atoms with Crippen LogP contribution in [0.1, 0.15) is 60.3 Å². The molecule has 0 aliphatic heterocycles. The van der Waals surface area contributed by atoms with E-state index in [9.17, 15) is 23.5 Å². The molecule has 12 nitrogen and oxygen atoms in total. The predicted octanol–water partition coefficient (Wildman–Crippen LogP) is 3.67. The van der Waals surface area contributed by atoms with Crippen LogP contribution in [-0.2, 0) is 51.1 Å². The highest BCUT2D eigenvalue weighted by molar-refractivity contribution is 7.54. The van der Waals surface area contributed by atoms with Gasteiger partial charge in [0.1, 0.15) is 6.04 Å². The zero-order chi connectivity index (χ0) is 26.7. The Morgan fingerprint density at radius 1 is 0.743 bits per heavy atom. The molecular weight excluding hydrogens is 504 g/mol. The molecule has 0 unspecified atom stereocenters. The molecule has 0 aromatic rings. The summed E-state index contributed by atoms with van der Waals surface area (Å²) in [4.78, 5) is 35.9. The lowest BCUT2D eigenvalue weighted by Crippen LogP contribution is -2.41. The van der Waals surface area contributed by atoms with Crippen molar-refractivity contribution < 1.29 is 51.1 Å². The number of carbonyl (C=O) groups is 3. The first-order chi connectivity index (χ1) is 16.5. The minimum Gasteiger partial charge on any atom is -0.466 e. The maximum Gasteiger partial charge on any atom is 0.330 e. The molecule has 0 aromatic carbocycles. The fraction of sp³-hybridized carbons (Fsp3) is 0.857. The average Bonchev–Trinajstić information content (AvgIpc) is 2.77. The lowest BCUT2D eigenvalue weighted by Gasteiger charge is -2.18. The van der Waals surface area contributed by atoms with Crippen LogP contribution in [0.15, 0.2) is 0 Å². The summed E-state index contributed by atoms with van der Waals surface area (Å²) >= 11 is 0. The summed E-state index contributed by atoms with van der Waals surface area (Å²) in [5, 5.41) is 2.45. The van der Waals surface area contributed by atoms with Crippen molar-refractivity contribution in [1.82, 2.24) is 5.32 Å². The zero-order valence-electron chi connectivity index (χ0n) is 21.4. The molecule has 0 rings (SSSR count). The van der Waals surface area contributed by atoms with E-state index in [1.165, 1.54) is 6.92 Å². The third-order valence-corrected chi connectivity index (χ3v) is 8.60. The molecular formula is C21H41NO11P2. The fourth-order valence-corrected chi connectivity index (χ4v) is 6.20. The molecule has 1 N–H and O–H groups in total. The molecule has 0 radical (unpaired) electrons. The molecule has 0 fully saturated rings. The topological polar surface area (TPSA) is 153 Å². The van der Waals surface area contributed by atoms with E-state index in [0.717, 1.165) is 0 Å². The molecule has 35 heavy (non-hydrogen) atoms. The first-order valence-electron chi connectivity index (χ1n) is 11.9. The number of hydrogen-bond acceptors (Lipinski definition) is 11. The van der Waals surface area contributed by atoms with Crippen LogP contribution in [-0.4, -0.2) is 75.9 Å². The molecule has 1 atom stereocenters. The average molecular weight is 546 g/mol. The molecule has 0 aliphatic rings. The van der Waals surface area contributed by atoms with Crippen molar-refractivity contribution in [2.45, 2.75) is 66.3 Å². The van der Waals surface area contributed by atoms with Gasteiger partial charge in [0.25, 0.3) is 0 Å². The minimum atomic E-state index is -3.24. The summed E-state index contributed by atoms with van der Waals surface area (Å²) in [6.45, 7) is 8.99. The monoisotopic (exact) mass is 545 g/mol. The fourth-order valence-electron chi connectivity index (χ4n) is 2.92. The van der Waals surface area contributed by atoms with Gasteiger partial charge >= 0.3 is 27.1 Å². The zero-order valence-corrected chi connectivity index (χ0v) is 23.2. The van der Waals surface area contributed by atoms with Crippen LogP contribution >= 0.6 is 15.2 Å². The smallest absolute Gasteiger partial charge is 0.330 e. The number of rotatable bonds is 21. The largest absolute Gasteiger partial charge is 0.466 e. The number of carbonyl (C=O) groups excluding carboxylic acids is 3. The van der Waals surface area contributed by atoms with Crippen LogP contribution in [0.25, 0.3) is 0 Å². The van der Waals surface area contributed by atoms with Crippen molar-refractivity contribution in [2.24, 2.45) is 0 Å². The maximum absolute atomic E-state index is 12.4. The van der Waals surface area contributed by atoms with Gasteiger partial charge in [-0.1, -0.05) is 0 Å². The van der Waals surface area contributed by atoms with Crippen molar-refractivity contribution in [3.63, 3.8) is 0 Å². The van der Waals surface area contributed by atoms with Crippen LogP contribution in [0, 0.1) is 0 Å². The van der Waals surface area contributed by atoms with E-state index in [1.54, 1.807) is 27.7 Å². The van der Waals surface area contributed by atoms with E-state index in [-0.39, 0.29) is 77.6 Å². The Morgan fingerprint density at radius 3 is 1.57 bits per heavy atom. The molecule has 0 bridgehead atoms. The van der Waals surface area contributed by atoms with Gasteiger partial charge in [0.2, 0.25) is 5.91 Å². The number of nitrogens with one attached hydrogen (secondary N) is 1. The van der Waals surface area contributed by atoms with Crippen LogP contribution < -0.4 is 5.32 Å². The van der Waals surface area contributed by atoms with E-state index < -0.39 is 39.1 Å². The standard InChI is InChI=1S/C21H41NO11P2/c1-6-30-34(26,31-7-2)16-10-14-28-20(24)13-12-19(22-18(5)23)21(25)29-15-11-17-35(27,32-8-3)33-9-4/h19H,6-17H2,1-5H3,(H,22,23)/t19-/m0/s1. The third kappa shape index (κ3) is 16.1. The van der Waals surface area contributed by atoms with Gasteiger partial charge in [-0.25, -0.2) is 4.79 Å². The Hall–Kier alpha value is -1.29. The molecule has 0 aliphatic carbocycles. The van der Waals surface area contributed by atoms with E-state index in [4.69, 9.17) is 27.6 Å². The Kier molecular flexibility index (Phi) is 18.2. The Morgan fingerprint density at radius 2 is 1.17 bits per heavy atom. The highest BCUT2D eigenvalue weighted by Crippen LogP contribution is 2.49. The van der Waals surface area contributed by atoms with Gasteiger partial charge in [0.05, 0.1) is 52.0 Å². The predicted molar refractivity (Wildman–Crippen MR) is 129 cm³/mol. The second kappa shape index (κ2) is 18.9. The molecule has 0 heterocycles. The lowest BCUT2D eigenvalue weighted by molar-refractivity contribution is -0.149. The Bertz CT molecular complexity index is 712. The van der Waals surface area contributed by atoms with Crippen LogP contribution in [0.5, 0.6) is 0 Å². The van der Waals surface area contributed by atoms with Gasteiger partial charge in [0, 0.05) is 13.3 Å². The molecule has 206 valence electrons. The second-order valence-corrected chi connectivity index (χ2v) is 11.6. The van der Waals surface area contributed by atoms with Gasteiger partial charge in [-0.05, 0) is 47.0 Å². The normalized spacial score (nSPS) is 12.7. The summed E-state index contributed by atoms with van der Waals surface area (Å²) in [7, 11) is -6.44. The van der Waals surface area contributed by atoms with Crippen molar-refractivity contribution >= 4 is 33.0 Å². The van der Waals surface area contributed by atoms with Crippen molar-refractivity contribution in [3.8, 4) is 0 Å².